The van der Waals surface area contributed by atoms with Gasteiger partial charge in [-0.25, -0.2) is 4.98 Å². The Morgan fingerprint density at radius 1 is 1.33 bits per heavy atom. The second-order valence-corrected chi connectivity index (χ2v) is 6.62. The number of rotatable bonds is 6. The number of benzene rings is 1. The van der Waals surface area contributed by atoms with Gasteiger partial charge < -0.3 is 10.2 Å². The first kappa shape index (κ1) is 16.3. The lowest BCUT2D eigenvalue weighted by molar-refractivity contribution is 0.728. The van der Waals surface area contributed by atoms with E-state index in [2.05, 4.69) is 50.2 Å². The van der Waals surface area contributed by atoms with E-state index in [1.54, 1.807) is 11.3 Å². The van der Waals surface area contributed by atoms with Crippen molar-refractivity contribution < 1.29 is 0 Å². The topological polar surface area (TPSA) is 28.2 Å². The van der Waals surface area contributed by atoms with Crippen molar-refractivity contribution in [1.82, 2.24) is 10.3 Å². The number of aryl methyl sites for hydroxylation is 1. The van der Waals surface area contributed by atoms with E-state index in [0.29, 0.717) is 0 Å². The largest absolute Gasteiger partial charge is 0.344 e. The summed E-state index contributed by atoms with van der Waals surface area (Å²) in [5.41, 5.74) is 2.36. The maximum Gasteiger partial charge on any atom is 0.186 e. The third-order valence-electron chi connectivity index (χ3n) is 3.65. The van der Waals surface area contributed by atoms with Crippen molar-refractivity contribution in [3.05, 3.63) is 45.4 Å². The fourth-order valence-corrected chi connectivity index (χ4v) is 3.30. The number of aromatic nitrogens is 1. The normalized spacial score (nSPS) is 12.4. The Bertz CT molecular complexity index is 580. The molecule has 0 fully saturated rings. The molecule has 1 heterocycles. The average molecular weight is 324 g/mol. The molecule has 1 aromatic carbocycles. The van der Waals surface area contributed by atoms with Gasteiger partial charge in [-0.3, -0.25) is 0 Å². The maximum atomic E-state index is 5.95. The highest BCUT2D eigenvalue weighted by molar-refractivity contribution is 7.15. The third kappa shape index (κ3) is 3.96. The molecule has 0 radical (unpaired) electrons. The van der Waals surface area contributed by atoms with E-state index in [1.807, 2.05) is 12.1 Å². The van der Waals surface area contributed by atoms with Crippen molar-refractivity contribution in [2.45, 2.75) is 33.4 Å². The van der Waals surface area contributed by atoms with Crippen LogP contribution in [0.1, 0.15) is 36.0 Å². The molecule has 0 aliphatic carbocycles. The molecule has 5 heteroatoms. The molecule has 0 saturated carbocycles. The van der Waals surface area contributed by atoms with E-state index in [1.165, 1.54) is 10.4 Å². The molecule has 0 amide bonds. The summed E-state index contributed by atoms with van der Waals surface area (Å²) in [6.45, 7) is 8.25. The molecule has 1 atom stereocenters. The number of hydrogen-bond acceptors (Lipinski definition) is 4. The number of anilines is 1. The van der Waals surface area contributed by atoms with Crippen molar-refractivity contribution in [1.29, 1.82) is 0 Å². The van der Waals surface area contributed by atoms with Gasteiger partial charge in [-0.15, -0.1) is 11.3 Å². The summed E-state index contributed by atoms with van der Waals surface area (Å²) in [6.07, 6.45) is 0. The predicted octanol–water partition coefficient (Wildman–Crippen LogP) is 4.41. The van der Waals surface area contributed by atoms with Gasteiger partial charge >= 0.3 is 0 Å². The molecule has 0 aliphatic heterocycles. The Labute approximate surface area is 136 Å². The second-order valence-electron chi connectivity index (χ2n) is 5.12. The van der Waals surface area contributed by atoms with E-state index in [-0.39, 0.29) is 6.04 Å². The Balaban J connectivity index is 2.15. The molecular formula is C16H22ClN3S. The van der Waals surface area contributed by atoms with Gasteiger partial charge in [0.25, 0.3) is 0 Å². The lowest BCUT2D eigenvalue weighted by atomic mass is 10.1. The van der Waals surface area contributed by atoms with E-state index < -0.39 is 0 Å². The van der Waals surface area contributed by atoms with E-state index in [0.717, 1.165) is 28.9 Å². The minimum absolute atomic E-state index is 0.264. The summed E-state index contributed by atoms with van der Waals surface area (Å²) in [5, 5.41) is 5.19. The predicted molar refractivity (Wildman–Crippen MR) is 92.5 cm³/mol. The fourth-order valence-electron chi connectivity index (χ4n) is 2.10. The van der Waals surface area contributed by atoms with Crippen molar-refractivity contribution in [2.24, 2.45) is 0 Å². The van der Waals surface area contributed by atoms with E-state index in [9.17, 15) is 0 Å². The number of thiazole rings is 1. The minimum Gasteiger partial charge on any atom is -0.344 e. The first-order valence-electron chi connectivity index (χ1n) is 7.18. The molecule has 1 N–H and O–H groups in total. The van der Waals surface area contributed by atoms with Crippen LogP contribution >= 0.6 is 22.9 Å². The zero-order chi connectivity index (χ0) is 15.4. The number of halogens is 1. The molecule has 1 unspecified atom stereocenters. The van der Waals surface area contributed by atoms with Gasteiger partial charge in [0.2, 0.25) is 0 Å². The summed E-state index contributed by atoms with van der Waals surface area (Å²) in [6, 6.07) is 8.28. The van der Waals surface area contributed by atoms with Crippen molar-refractivity contribution in [2.75, 3.05) is 18.5 Å². The summed E-state index contributed by atoms with van der Waals surface area (Å²) >= 11 is 7.71. The Morgan fingerprint density at radius 2 is 2.00 bits per heavy atom. The Kier molecular flexibility index (Phi) is 5.62. The molecule has 2 aromatic rings. The first-order chi connectivity index (χ1) is 10.0. The van der Waals surface area contributed by atoms with Gasteiger partial charge in [-0.2, -0.15) is 0 Å². The van der Waals surface area contributed by atoms with Crippen LogP contribution in [0.4, 0.5) is 5.13 Å². The zero-order valence-electron chi connectivity index (χ0n) is 13.0. The van der Waals surface area contributed by atoms with Crippen molar-refractivity contribution in [3.8, 4) is 0 Å². The molecule has 0 spiro atoms. The van der Waals surface area contributed by atoms with Crippen LogP contribution in [-0.4, -0.2) is 18.6 Å². The van der Waals surface area contributed by atoms with Crippen LogP contribution in [0.2, 0.25) is 5.02 Å². The number of nitrogens with zero attached hydrogens (tertiary/aromatic N) is 2. The molecule has 0 bridgehead atoms. The Hall–Kier alpha value is -1.10. The maximum absolute atomic E-state index is 5.95. The SMILES string of the molecule is CCNCc1sc(N(C)C(C)c2ccc(Cl)cc2)nc1C. The Morgan fingerprint density at radius 3 is 2.62 bits per heavy atom. The molecule has 0 saturated heterocycles. The highest BCUT2D eigenvalue weighted by Crippen LogP contribution is 2.31. The summed E-state index contributed by atoms with van der Waals surface area (Å²) in [5.74, 6) is 0. The smallest absolute Gasteiger partial charge is 0.186 e. The van der Waals surface area contributed by atoms with E-state index >= 15 is 0 Å². The number of hydrogen-bond donors (Lipinski definition) is 1. The summed E-state index contributed by atoms with van der Waals surface area (Å²) in [4.78, 5) is 8.23. The minimum atomic E-state index is 0.264. The summed E-state index contributed by atoms with van der Waals surface area (Å²) < 4.78 is 0. The molecule has 21 heavy (non-hydrogen) atoms. The lowest BCUT2D eigenvalue weighted by Crippen LogP contribution is -2.21. The fraction of sp³-hybridized carbons (Fsp3) is 0.438. The van der Waals surface area contributed by atoms with Crippen LogP contribution < -0.4 is 10.2 Å². The van der Waals surface area contributed by atoms with Crippen LogP contribution in [0.15, 0.2) is 24.3 Å². The monoisotopic (exact) mass is 323 g/mol. The number of nitrogens with one attached hydrogen (secondary N) is 1. The third-order valence-corrected chi connectivity index (χ3v) is 5.15. The van der Waals surface area contributed by atoms with Crippen LogP contribution in [0.5, 0.6) is 0 Å². The summed E-state index contributed by atoms with van der Waals surface area (Å²) in [7, 11) is 2.09. The molecular weight excluding hydrogens is 302 g/mol. The molecule has 114 valence electrons. The second kappa shape index (κ2) is 7.25. The van der Waals surface area contributed by atoms with Crippen molar-refractivity contribution in [3.63, 3.8) is 0 Å². The molecule has 1 aromatic heterocycles. The molecule has 3 nitrogen and oxygen atoms in total. The zero-order valence-corrected chi connectivity index (χ0v) is 14.6. The highest BCUT2D eigenvalue weighted by atomic mass is 35.5. The van der Waals surface area contributed by atoms with Crippen LogP contribution in [-0.2, 0) is 6.54 Å². The van der Waals surface area contributed by atoms with Crippen LogP contribution in [0.3, 0.4) is 0 Å². The molecule has 0 aliphatic rings. The van der Waals surface area contributed by atoms with E-state index in [4.69, 9.17) is 16.6 Å². The van der Waals surface area contributed by atoms with Gasteiger partial charge in [-0.05, 0) is 38.1 Å². The van der Waals surface area contributed by atoms with Gasteiger partial charge in [0.1, 0.15) is 0 Å². The quantitative estimate of drug-likeness (QED) is 0.853. The van der Waals surface area contributed by atoms with Crippen LogP contribution in [0.25, 0.3) is 0 Å². The highest BCUT2D eigenvalue weighted by Gasteiger charge is 2.17. The van der Waals surface area contributed by atoms with Gasteiger partial charge in [0.15, 0.2) is 5.13 Å². The lowest BCUT2D eigenvalue weighted by Gasteiger charge is -2.24. The van der Waals surface area contributed by atoms with Gasteiger partial charge in [0.05, 0.1) is 11.7 Å². The van der Waals surface area contributed by atoms with Crippen molar-refractivity contribution >= 4 is 28.1 Å². The first-order valence-corrected chi connectivity index (χ1v) is 8.37. The average Bonchev–Trinajstić information content (AvgIpc) is 2.85. The van der Waals surface area contributed by atoms with Gasteiger partial charge in [0, 0.05) is 23.5 Å². The van der Waals surface area contributed by atoms with Crippen LogP contribution in [0, 0.1) is 6.92 Å². The van der Waals surface area contributed by atoms with Gasteiger partial charge in [-0.1, -0.05) is 30.7 Å². The molecule has 2 rings (SSSR count). The standard InChI is InChI=1S/C16H22ClN3S/c1-5-18-10-15-11(2)19-16(21-15)20(4)12(3)13-6-8-14(17)9-7-13/h6-9,12,18H,5,10H2,1-4H3.